The minimum absolute atomic E-state index is 0.191. The van der Waals surface area contributed by atoms with Crippen LogP contribution in [0.3, 0.4) is 0 Å². The van der Waals surface area contributed by atoms with E-state index in [4.69, 9.17) is 0 Å². The molecule has 2 aromatic heterocycles. The van der Waals surface area contributed by atoms with E-state index in [9.17, 15) is 22.8 Å². The Bertz CT molecular complexity index is 1000. The average Bonchev–Trinajstić information content (AvgIpc) is 3.00. The van der Waals surface area contributed by atoms with E-state index >= 15 is 0 Å². The number of rotatable bonds is 4. The van der Waals surface area contributed by atoms with E-state index in [1.165, 1.54) is 29.1 Å². The van der Waals surface area contributed by atoms with Crippen molar-refractivity contribution in [1.82, 2.24) is 14.3 Å². The topological polar surface area (TPSA) is 66.1 Å². The number of aryl methyl sites for hydroxylation is 1. The smallest absolute Gasteiger partial charge is 0.406 e. The lowest BCUT2D eigenvalue weighted by Crippen LogP contribution is -2.19. The molecule has 0 spiro atoms. The number of aldehydes is 1. The highest BCUT2D eigenvalue weighted by molar-refractivity contribution is 5.86. The van der Waals surface area contributed by atoms with Crippen LogP contribution >= 0.6 is 0 Å². The van der Waals surface area contributed by atoms with Gasteiger partial charge in [0.2, 0.25) is 0 Å². The molecular formula is C17H12F3N3O3. The van der Waals surface area contributed by atoms with Crippen LogP contribution in [0.5, 0.6) is 5.75 Å². The van der Waals surface area contributed by atoms with Crippen molar-refractivity contribution in [2.45, 2.75) is 6.36 Å². The Kier molecular flexibility index (Phi) is 4.37. The molecule has 1 aromatic carbocycles. The minimum Gasteiger partial charge on any atom is -0.406 e. The molecule has 0 radical (unpaired) electrons. The zero-order valence-electron chi connectivity index (χ0n) is 13.4. The molecule has 9 heteroatoms. The van der Waals surface area contributed by atoms with E-state index in [1.54, 1.807) is 17.9 Å². The Balaban J connectivity index is 2.05. The number of aromatic nitrogens is 3. The first kappa shape index (κ1) is 17.5. The third-order valence-corrected chi connectivity index (χ3v) is 3.58. The third kappa shape index (κ3) is 3.66. The highest BCUT2D eigenvalue weighted by Crippen LogP contribution is 2.25. The van der Waals surface area contributed by atoms with Crippen molar-refractivity contribution in [3.05, 3.63) is 64.8 Å². The summed E-state index contributed by atoms with van der Waals surface area (Å²) >= 11 is 0. The molecule has 3 rings (SSSR count). The second kappa shape index (κ2) is 6.51. The molecule has 0 N–H and O–H groups in total. The lowest BCUT2D eigenvalue weighted by Gasteiger charge is -2.12. The molecule has 0 saturated heterocycles. The highest BCUT2D eigenvalue weighted by Gasteiger charge is 2.31. The molecule has 6 nitrogen and oxygen atoms in total. The fourth-order valence-electron chi connectivity index (χ4n) is 2.46. The first-order chi connectivity index (χ1) is 12.3. The van der Waals surface area contributed by atoms with Crippen LogP contribution in [-0.4, -0.2) is 27.0 Å². The van der Waals surface area contributed by atoms with Crippen molar-refractivity contribution in [3.63, 3.8) is 0 Å². The van der Waals surface area contributed by atoms with Crippen LogP contribution in [-0.2, 0) is 7.05 Å². The van der Waals surface area contributed by atoms with Gasteiger partial charge in [-0.1, -0.05) is 0 Å². The molecule has 0 fully saturated rings. The maximum Gasteiger partial charge on any atom is 0.573 e. The van der Waals surface area contributed by atoms with Crippen LogP contribution in [0.25, 0.3) is 16.8 Å². The molecule has 134 valence electrons. The fraction of sp³-hybridized carbons (Fsp3) is 0.118. The SMILES string of the molecule is Cn1cc(-c2cn(-c3ccc(OC(F)(F)F)cc3)c(=O)cc2C=O)cn1. The summed E-state index contributed by atoms with van der Waals surface area (Å²) < 4.78 is 43.3. The lowest BCUT2D eigenvalue weighted by molar-refractivity contribution is -0.274. The predicted molar refractivity (Wildman–Crippen MR) is 86.3 cm³/mol. The van der Waals surface area contributed by atoms with Crippen LogP contribution in [0.1, 0.15) is 10.4 Å². The summed E-state index contributed by atoms with van der Waals surface area (Å²) in [5, 5.41) is 4.03. The minimum atomic E-state index is -4.79. The number of benzene rings is 1. The number of pyridine rings is 1. The Hall–Kier alpha value is -3.36. The number of carbonyl (C=O) groups is 1. The number of alkyl halides is 3. The molecule has 0 saturated carbocycles. The Morgan fingerprint density at radius 1 is 1.15 bits per heavy atom. The monoisotopic (exact) mass is 363 g/mol. The molecule has 0 amide bonds. The van der Waals surface area contributed by atoms with E-state index in [-0.39, 0.29) is 5.56 Å². The third-order valence-electron chi connectivity index (χ3n) is 3.58. The summed E-state index contributed by atoms with van der Waals surface area (Å²) in [6.07, 6.45) is 0.434. The fourth-order valence-corrected chi connectivity index (χ4v) is 2.46. The van der Waals surface area contributed by atoms with E-state index < -0.39 is 17.7 Å². The molecule has 0 aliphatic heterocycles. The number of halogens is 3. The van der Waals surface area contributed by atoms with Crippen LogP contribution in [0.4, 0.5) is 13.2 Å². The lowest BCUT2D eigenvalue weighted by atomic mass is 10.1. The molecule has 0 aliphatic carbocycles. The molecule has 0 aliphatic rings. The zero-order chi connectivity index (χ0) is 18.9. The maximum atomic E-state index is 12.3. The van der Waals surface area contributed by atoms with Gasteiger partial charge in [0.05, 0.1) is 6.20 Å². The standard InChI is InChI=1S/C17H12F3N3O3/c1-22-8-12(7-21-22)15-9-23(16(25)6-11(15)10-24)13-2-4-14(5-3-13)26-17(18,19)20/h2-10H,1H3. The van der Waals surface area contributed by atoms with Gasteiger partial charge in [0, 0.05) is 47.9 Å². The van der Waals surface area contributed by atoms with Gasteiger partial charge in [-0.2, -0.15) is 5.10 Å². The van der Waals surface area contributed by atoms with Gasteiger partial charge in [-0.3, -0.25) is 18.8 Å². The molecule has 0 atom stereocenters. The molecule has 0 unspecified atom stereocenters. The van der Waals surface area contributed by atoms with Crippen LogP contribution in [0, 0.1) is 0 Å². The van der Waals surface area contributed by atoms with Crippen molar-refractivity contribution < 1.29 is 22.7 Å². The average molecular weight is 363 g/mol. The predicted octanol–water partition coefficient (Wildman–Crippen LogP) is 2.95. The van der Waals surface area contributed by atoms with Gasteiger partial charge in [-0.25, -0.2) is 0 Å². The second-order valence-electron chi connectivity index (χ2n) is 5.41. The summed E-state index contributed by atoms with van der Waals surface area (Å²) in [4.78, 5) is 23.6. The van der Waals surface area contributed by atoms with Gasteiger partial charge in [-0.05, 0) is 24.3 Å². The van der Waals surface area contributed by atoms with E-state index in [0.717, 1.165) is 18.2 Å². The largest absolute Gasteiger partial charge is 0.573 e. The van der Waals surface area contributed by atoms with E-state index in [2.05, 4.69) is 9.84 Å². The number of nitrogens with zero attached hydrogens (tertiary/aromatic N) is 3. The first-order valence-electron chi connectivity index (χ1n) is 7.34. The second-order valence-corrected chi connectivity index (χ2v) is 5.41. The van der Waals surface area contributed by atoms with E-state index in [0.29, 0.717) is 23.1 Å². The van der Waals surface area contributed by atoms with Crippen LogP contribution < -0.4 is 10.3 Å². The molecule has 0 bridgehead atoms. The number of hydrogen-bond acceptors (Lipinski definition) is 4. The summed E-state index contributed by atoms with van der Waals surface area (Å²) in [6, 6.07) is 6.00. The number of hydrogen-bond donors (Lipinski definition) is 0. The molecule has 26 heavy (non-hydrogen) atoms. The van der Waals surface area contributed by atoms with Gasteiger partial charge < -0.3 is 4.74 Å². The van der Waals surface area contributed by atoms with Crippen molar-refractivity contribution in [1.29, 1.82) is 0 Å². The summed E-state index contributed by atoms with van der Waals surface area (Å²) in [7, 11) is 1.71. The van der Waals surface area contributed by atoms with Crippen LogP contribution in [0.15, 0.2) is 53.7 Å². The van der Waals surface area contributed by atoms with Crippen LogP contribution in [0.2, 0.25) is 0 Å². The van der Waals surface area contributed by atoms with Gasteiger partial charge in [0.15, 0.2) is 6.29 Å². The molecule has 2 heterocycles. The van der Waals surface area contributed by atoms with Crippen molar-refractivity contribution in [2.75, 3.05) is 0 Å². The first-order valence-corrected chi connectivity index (χ1v) is 7.34. The van der Waals surface area contributed by atoms with E-state index in [1.807, 2.05) is 0 Å². The van der Waals surface area contributed by atoms with Gasteiger partial charge >= 0.3 is 6.36 Å². The normalized spacial score (nSPS) is 11.4. The Morgan fingerprint density at radius 2 is 1.85 bits per heavy atom. The highest BCUT2D eigenvalue weighted by atomic mass is 19.4. The Morgan fingerprint density at radius 3 is 2.38 bits per heavy atom. The van der Waals surface area contributed by atoms with Gasteiger partial charge in [0.25, 0.3) is 5.56 Å². The summed E-state index contributed by atoms with van der Waals surface area (Å²) in [6.45, 7) is 0. The van der Waals surface area contributed by atoms with Crippen molar-refractivity contribution in [2.24, 2.45) is 7.05 Å². The van der Waals surface area contributed by atoms with Gasteiger partial charge in [0.1, 0.15) is 5.75 Å². The number of carbonyl (C=O) groups excluding carboxylic acids is 1. The van der Waals surface area contributed by atoms with Gasteiger partial charge in [-0.15, -0.1) is 13.2 Å². The Labute approximate surface area is 145 Å². The zero-order valence-corrected chi connectivity index (χ0v) is 13.4. The maximum absolute atomic E-state index is 12.3. The van der Waals surface area contributed by atoms with Crippen molar-refractivity contribution >= 4 is 6.29 Å². The summed E-state index contributed by atoms with van der Waals surface area (Å²) in [5.41, 5.74) is 1.12. The summed E-state index contributed by atoms with van der Waals surface area (Å²) in [5.74, 6) is -0.397. The quantitative estimate of drug-likeness (QED) is 0.669. The number of ether oxygens (including phenoxy) is 1. The molecular weight excluding hydrogens is 351 g/mol. The molecule has 3 aromatic rings. The van der Waals surface area contributed by atoms with Crippen molar-refractivity contribution in [3.8, 4) is 22.6 Å².